The van der Waals surface area contributed by atoms with Crippen molar-refractivity contribution in [2.45, 2.75) is 51.6 Å². The Balaban J connectivity index is 1.79. The van der Waals surface area contributed by atoms with Crippen molar-refractivity contribution in [2.75, 3.05) is 39.8 Å². The molecule has 3 atom stereocenters. The second-order valence-electron chi connectivity index (χ2n) is 6.29. The molecule has 0 aromatic carbocycles. The molecule has 3 nitrogen and oxygen atoms in total. The topological polar surface area (TPSA) is 18.5 Å². The smallest absolute Gasteiger partial charge is 0.0192 e. The number of hydrogen-bond donors (Lipinski definition) is 1. The van der Waals surface area contributed by atoms with Gasteiger partial charge in [0, 0.05) is 25.2 Å². The lowest BCUT2D eigenvalue weighted by Crippen LogP contribution is -2.55. The molecule has 2 rings (SSSR count). The SMILES string of the molecule is CCCNCC(C)N1CCC2C(CCCN2C)C1. The Morgan fingerprint density at radius 3 is 2.89 bits per heavy atom. The lowest BCUT2D eigenvalue weighted by atomic mass is 9.84. The largest absolute Gasteiger partial charge is 0.315 e. The summed E-state index contributed by atoms with van der Waals surface area (Å²) in [7, 11) is 2.32. The van der Waals surface area contributed by atoms with Crippen molar-refractivity contribution >= 4 is 0 Å². The fourth-order valence-corrected chi connectivity index (χ4v) is 3.70. The van der Waals surface area contributed by atoms with E-state index in [0.717, 1.165) is 25.0 Å². The zero-order chi connectivity index (χ0) is 13.0. The number of piperidine rings is 2. The molecule has 2 aliphatic heterocycles. The van der Waals surface area contributed by atoms with E-state index in [1.54, 1.807) is 0 Å². The van der Waals surface area contributed by atoms with Gasteiger partial charge >= 0.3 is 0 Å². The third-order valence-corrected chi connectivity index (χ3v) is 4.87. The Kier molecular flexibility index (Phi) is 5.46. The van der Waals surface area contributed by atoms with Crippen LogP contribution in [0.2, 0.25) is 0 Å². The Labute approximate surface area is 113 Å². The minimum atomic E-state index is 0.699. The van der Waals surface area contributed by atoms with Crippen LogP contribution >= 0.6 is 0 Å². The van der Waals surface area contributed by atoms with Crippen molar-refractivity contribution in [2.24, 2.45) is 5.92 Å². The average molecular weight is 253 g/mol. The monoisotopic (exact) mass is 253 g/mol. The van der Waals surface area contributed by atoms with Crippen molar-refractivity contribution in [1.29, 1.82) is 0 Å². The predicted octanol–water partition coefficient (Wildman–Crippen LogP) is 1.79. The van der Waals surface area contributed by atoms with E-state index < -0.39 is 0 Å². The lowest BCUT2D eigenvalue weighted by molar-refractivity contribution is 0.0234. The second kappa shape index (κ2) is 6.88. The Morgan fingerprint density at radius 2 is 2.11 bits per heavy atom. The van der Waals surface area contributed by atoms with Gasteiger partial charge in [-0.15, -0.1) is 0 Å². The normalized spacial score (nSPS) is 32.2. The van der Waals surface area contributed by atoms with Crippen molar-refractivity contribution in [3.8, 4) is 0 Å². The Morgan fingerprint density at radius 1 is 1.28 bits per heavy atom. The molecule has 1 N–H and O–H groups in total. The molecule has 18 heavy (non-hydrogen) atoms. The number of fused-ring (bicyclic) bond motifs is 1. The van der Waals surface area contributed by atoms with E-state index >= 15 is 0 Å². The molecular formula is C15H31N3. The van der Waals surface area contributed by atoms with Crippen molar-refractivity contribution in [1.82, 2.24) is 15.1 Å². The minimum Gasteiger partial charge on any atom is -0.315 e. The van der Waals surface area contributed by atoms with Crippen LogP contribution in [0.25, 0.3) is 0 Å². The summed E-state index contributed by atoms with van der Waals surface area (Å²) in [5.74, 6) is 0.922. The summed E-state index contributed by atoms with van der Waals surface area (Å²) in [6, 6.07) is 1.57. The molecule has 3 unspecified atom stereocenters. The van der Waals surface area contributed by atoms with E-state index in [4.69, 9.17) is 0 Å². The Hall–Kier alpha value is -0.120. The molecule has 0 aliphatic carbocycles. The van der Waals surface area contributed by atoms with Gasteiger partial charge in [0.15, 0.2) is 0 Å². The minimum absolute atomic E-state index is 0.699. The van der Waals surface area contributed by atoms with E-state index in [1.165, 1.54) is 45.3 Å². The maximum absolute atomic E-state index is 3.56. The van der Waals surface area contributed by atoms with Gasteiger partial charge in [0.05, 0.1) is 0 Å². The van der Waals surface area contributed by atoms with Crippen LogP contribution < -0.4 is 5.32 Å². The van der Waals surface area contributed by atoms with Gasteiger partial charge in [-0.2, -0.15) is 0 Å². The molecule has 2 aliphatic rings. The van der Waals surface area contributed by atoms with Gasteiger partial charge in [0.1, 0.15) is 0 Å². The first-order valence-corrected chi connectivity index (χ1v) is 7.87. The molecule has 0 saturated carbocycles. The van der Waals surface area contributed by atoms with Crippen LogP contribution in [0.5, 0.6) is 0 Å². The molecule has 0 aromatic rings. The summed E-state index contributed by atoms with van der Waals surface area (Å²) >= 11 is 0. The molecule has 3 heteroatoms. The van der Waals surface area contributed by atoms with Gasteiger partial charge in [-0.3, -0.25) is 4.90 Å². The van der Waals surface area contributed by atoms with Crippen LogP contribution in [-0.2, 0) is 0 Å². The maximum atomic E-state index is 3.56. The molecule has 2 heterocycles. The highest BCUT2D eigenvalue weighted by Gasteiger charge is 2.35. The summed E-state index contributed by atoms with van der Waals surface area (Å²) in [5.41, 5.74) is 0. The van der Waals surface area contributed by atoms with Gasteiger partial charge in [-0.05, 0) is 65.2 Å². The summed E-state index contributed by atoms with van der Waals surface area (Å²) in [4.78, 5) is 5.31. The number of rotatable bonds is 5. The molecule has 0 aromatic heterocycles. The standard InChI is InChI=1S/C15H31N3/c1-4-8-16-11-13(2)18-10-7-15-14(12-18)6-5-9-17(15)3/h13-16H,4-12H2,1-3H3. The summed E-state index contributed by atoms with van der Waals surface area (Å²) in [6.45, 7) is 10.9. The number of hydrogen-bond acceptors (Lipinski definition) is 3. The van der Waals surface area contributed by atoms with Crippen molar-refractivity contribution in [3.63, 3.8) is 0 Å². The van der Waals surface area contributed by atoms with Crippen LogP contribution in [0.15, 0.2) is 0 Å². The van der Waals surface area contributed by atoms with Crippen LogP contribution in [0.1, 0.15) is 39.5 Å². The van der Waals surface area contributed by atoms with E-state index in [9.17, 15) is 0 Å². The summed E-state index contributed by atoms with van der Waals surface area (Å²) in [6.07, 6.45) is 5.45. The maximum Gasteiger partial charge on any atom is 0.0192 e. The molecule has 0 radical (unpaired) electrons. The highest BCUT2D eigenvalue weighted by atomic mass is 15.2. The van der Waals surface area contributed by atoms with Gasteiger partial charge in [-0.25, -0.2) is 0 Å². The van der Waals surface area contributed by atoms with Crippen molar-refractivity contribution in [3.05, 3.63) is 0 Å². The molecule has 2 saturated heterocycles. The molecule has 0 amide bonds. The molecule has 0 bridgehead atoms. The first-order chi connectivity index (χ1) is 8.72. The fourth-order valence-electron chi connectivity index (χ4n) is 3.70. The van der Waals surface area contributed by atoms with E-state index in [-0.39, 0.29) is 0 Å². The zero-order valence-electron chi connectivity index (χ0n) is 12.5. The lowest BCUT2D eigenvalue weighted by Gasteiger charge is -2.47. The van der Waals surface area contributed by atoms with E-state index in [1.807, 2.05) is 0 Å². The second-order valence-corrected chi connectivity index (χ2v) is 6.29. The number of likely N-dealkylation sites (tertiary alicyclic amines) is 2. The van der Waals surface area contributed by atoms with E-state index in [0.29, 0.717) is 6.04 Å². The van der Waals surface area contributed by atoms with Gasteiger partial charge in [0.25, 0.3) is 0 Å². The number of nitrogens with zero attached hydrogens (tertiary/aromatic N) is 2. The van der Waals surface area contributed by atoms with Crippen molar-refractivity contribution < 1.29 is 0 Å². The average Bonchev–Trinajstić information content (AvgIpc) is 2.39. The van der Waals surface area contributed by atoms with Gasteiger partial charge in [0.2, 0.25) is 0 Å². The van der Waals surface area contributed by atoms with Crippen LogP contribution in [0, 0.1) is 5.92 Å². The van der Waals surface area contributed by atoms with Gasteiger partial charge in [-0.1, -0.05) is 6.92 Å². The highest BCUT2D eigenvalue weighted by molar-refractivity contribution is 4.90. The molecule has 106 valence electrons. The molecule has 0 spiro atoms. The first-order valence-electron chi connectivity index (χ1n) is 7.87. The molecular weight excluding hydrogens is 222 g/mol. The highest BCUT2D eigenvalue weighted by Crippen LogP contribution is 2.30. The van der Waals surface area contributed by atoms with E-state index in [2.05, 4.69) is 36.0 Å². The summed E-state index contributed by atoms with van der Waals surface area (Å²) < 4.78 is 0. The summed E-state index contributed by atoms with van der Waals surface area (Å²) in [5, 5.41) is 3.56. The molecule has 2 fully saturated rings. The van der Waals surface area contributed by atoms with Crippen LogP contribution in [-0.4, -0.2) is 61.7 Å². The fraction of sp³-hybridized carbons (Fsp3) is 1.00. The predicted molar refractivity (Wildman–Crippen MR) is 78.0 cm³/mol. The number of nitrogens with one attached hydrogen (secondary N) is 1. The van der Waals surface area contributed by atoms with Crippen LogP contribution in [0.3, 0.4) is 0 Å². The quantitative estimate of drug-likeness (QED) is 0.754. The Bertz CT molecular complexity index is 244. The third-order valence-electron chi connectivity index (χ3n) is 4.87. The van der Waals surface area contributed by atoms with Crippen LogP contribution in [0.4, 0.5) is 0 Å². The first kappa shape index (κ1) is 14.3. The van der Waals surface area contributed by atoms with Gasteiger partial charge < -0.3 is 10.2 Å². The zero-order valence-corrected chi connectivity index (χ0v) is 12.5. The third kappa shape index (κ3) is 3.46.